The topological polar surface area (TPSA) is 90.7 Å². The Kier molecular flexibility index (Phi) is 6.38. The third kappa shape index (κ3) is 5.14. The maximum absolute atomic E-state index is 12.0. The number of ether oxygens (including phenoxy) is 2. The lowest BCUT2D eigenvalue weighted by Crippen LogP contribution is -2.39. The molecule has 140 valence electrons. The molecule has 1 heterocycles. The summed E-state index contributed by atoms with van der Waals surface area (Å²) in [6.45, 7) is 2.13. The summed E-state index contributed by atoms with van der Waals surface area (Å²) in [5.41, 5.74) is 1.48. The van der Waals surface area contributed by atoms with Crippen LogP contribution in [0.5, 0.6) is 0 Å². The first-order valence-corrected chi connectivity index (χ1v) is 9.73. The molecule has 0 unspecified atom stereocenters. The van der Waals surface area contributed by atoms with Crippen molar-refractivity contribution in [3.63, 3.8) is 0 Å². The molecule has 0 saturated heterocycles. The lowest BCUT2D eigenvalue weighted by atomic mass is 9.93. The number of carbonyl (C=O) groups excluding carboxylic acids is 2. The molecule has 1 amide bonds. The highest BCUT2D eigenvalue weighted by molar-refractivity contribution is 7.99. The van der Waals surface area contributed by atoms with Crippen molar-refractivity contribution in [2.75, 3.05) is 12.4 Å². The maximum atomic E-state index is 12.0. The molecule has 0 atom stereocenters. The van der Waals surface area contributed by atoms with E-state index in [2.05, 4.69) is 10.3 Å². The van der Waals surface area contributed by atoms with Gasteiger partial charge in [-0.05, 0) is 44.7 Å². The fourth-order valence-electron chi connectivity index (χ4n) is 2.92. The minimum atomic E-state index is -0.386. The first-order valence-electron chi connectivity index (χ1n) is 8.75. The molecule has 3 rings (SSSR count). The summed E-state index contributed by atoms with van der Waals surface area (Å²) in [4.78, 5) is 27.8. The number of benzene rings is 1. The highest BCUT2D eigenvalue weighted by atomic mass is 32.2. The van der Waals surface area contributed by atoms with Crippen LogP contribution < -0.4 is 5.32 Å². The molecule has 0 bridgehead atoms. The number of rotatable bonds is 6. The number of esters is 1. The van der Waals surface area contributed by atoms with Crippen LogP contribution in [0.15, 0.2) is 33.9 Å². The van der Waals surface area contributed by atoms with Gasteiger partial charge in [-0.3, -0.25) is 4.79 Å². The second-order valence-corrected chi connectivity index (χ2v) is 6.99. The molecule has 7 nitrogen and oxygen atoms in total. The number of fused-ring (bicyclic) bond motifs is 1. The Balaban J connectivity index is 1.38. The Morgan fingerprint density at radius 3 is 2.77 bits per heavy atom. The van der Waals surface area contributed by atoms with E-state index in [-0.39, 0.29) is 30.0 Å². The van der Waals surface area contributed by atoms with E-state index >= 15 is 0 Å². The van der Waals surface area contributed by atoms with Crippen LogP contribution in [0.25, 0.3) is 11.1 Å². The number of aromatic nitrogens is 1. The van der Waals surface area contributed by atoms with E-state index in [0.29, 0.717) is 17.4 Å². The van der Waals surface area contributed by atoms with Gasteiger partial charge in [0.05, 0.1) is 6.61 Å². The smallest absolute Gasteiger partial charge is 0.407 e. The first kappa shape index (κ1) is 18.6. The average molecular weight is 378 g/mol. The van der Waals surface area contributed by atoms with Crippen LogP contribution in [0.1, 0.15) is 32.6 Å². The van der Waals surface area contributed by atoms with Gasteiger partial charge in [0.2, 0.25) is 0 Å². The SMILES string of the molecule is CCOC(=O)NC1CCC(OC(=O)CSc2nc3ccccc3o2)CC1. The van der Waals surface area contributed by atoms with Crippen LogP contribution in [0.2, 0.25) is 0 Å². The summed E-state index contributed by atoms with van der Waals surface area (Å²) >= 11 is 1.23. The number of thioether (sulfide) groups is 1. The molecule has 1 fully saturated rings. The quantitative estimate of drug-likeness (QED) is 0.607. The van der Waals surface area contributed by atoms with Gasteiger partial charge in [-0.1, -0.05) is 23.9 Å². The standard InChI is InChI=1S/C18H22N2O5S/c1-2-23-17(22)19-12-7-9-13(10-8-12)24-16(21)11-26-18-20-14-5-3-4-6-15(14)25-18/h3-6,12-13H,2,7-11H2,1H3,(H,19,22). The Hall–Kier alpha value is -2.22. The maximum Gasteiger partial charge on any atom is 0.407 e. The van der Waals surface area contributed by atoms with Crippen molar-refractivity contribution in [2.24, 2.45) is 0 Å². The molecular formula is C18H22N2O5S. The van der Waals surface area contributed by atoms with Crippen LogP contribution in [0.4, 0.5) is 4.79 Å². The summed E-state index contributed by atoms with van der Waals surface area (Å²) < 4.78 is 16.0. The Morgan fingerprint density at radius 1 is 1.27 bits per heavy atom. The van der Waals surface area contributed by atoms with Gasteiger partial charge in [-0.2, -0.15) is 0 Å². The van der Waals surface area contributed by atoms with Crippen molar-refractivity contribution < 1.29 is 23.5 Å². The van der Waals surface area contributed by atoms with Crippen molar-refractivity contribution >= 4 is 34.9 Å². The molecule has 0 aliphatic heterocycles. The Bertz CT molecular complexity index is 722. The molecule has 1 N–H and O–H groups in total. The van der Waals surface area contributed by atoms with Crippen molar-refractivity contribution in [3.8, 4) is 0 Å². The number of hydrogen-bond donors (Lipinski definition) is 1. The molecule has 1 aliphatic rings. The number of carbonyl (C=O) groups is 2. The van der Waals surface area contributed by atoms with E-state index in [4.69, 9.17) is 13.9 Å². The highest BCUT2D eigenvalue weighted by Crippen LogP contribution is 2.25. The van der Waals surface area contributed by atoms with Gasteiger partial charge >= 0.3 is 12.1 Å². The van der Waals surface area contributed by atoms with E-state index in [9.17, 15) is 9.59 Å². The van der Waals surface area contributed by atoms with Gasteiger partial charge < -0.3 is 19.2 Å². The van der Waals surface area contributed by atoms with Gasteiger partial charge in [0.15, 0.2) is 5.58 Å². The largest absolute Gasteiger partial charge is 0.462 e. The van der Waals surface area contributed by atoms with Gasteiger partial charge in [0.25, 0.3) is 5.22 Å². The van der Waals surface area contributed by atoms with E-state index in [0.717, 1.165) is 31.2 Å². The van der Waals surface area contributed by atoms with Crippen LogP contribution >= 0.6 is 11.8 Å². The lowest BCUT2D eigenvalue weighted by Gasteiger charge is -2.28. The van der Waals surface area contributed by atoms with Gasteiger partial charge in [-0.15, -0.1) is 0 Å². The van der Waals surface area contributed by atoms with Crippen LogP contribution in [0.3, 0.4) is 0 Å². The predicted molar refractivity (Wildman–Crippen MR) is 97.0 cm³/mol. The zero-order chi connectivity index (χ0) is 18.4. The van der Waals surface area contributed by atoms with Crippen LogP contribution in [-0.2, 0) is 14.3 Å². The number of alkyl carbamates (subject to hydrolysis) is 1. The minimum Gasteiger partial charge on any atom is -0.462 e. The zero-order valence-electron chi connectivity index (χ0n) is 14.6. The average Bonchev–Trinajstić information content (AvgIpc) is 3.05. The third-order valence-electron chi connectivity index (χ3n) is 4.16. The van der Waals surface area contributed by atoms with Crippen molar-refractivity contribution in [1.82, 2.24) is 10.3 Å². The first-order chi connectivity index (χ1) is 12.6. The second-order valence-electron chi connectivity index (χ2n) is 6.06. The van der Waals surface area contributed by atoms with E-state index in [1.165, 1.54) is 11.8 Å². The Labute approximate surface area is 155 Å². The zero-order valence-corrected chi connectivity index (χ0v) is 15.4. The Morgan fingerprint density at radius 2 is 2.04 bits per heavy atom. The van der Waals surface area contributed by atoms with Gasteiger partial charge in [-0.25, -0.2) is 9.78 Å². The summed E-state index contributed by atoms with van der Waals surface area (Å²) in [6.07, 6.45) is 2.52. The summed E-state index contributed by atoms with van der Waals surface area (Å²) in [5, 5.41) is 3.29. The molecule has 26 heavy (non-hydrogen) atoms. The second kappa shape index (κ2) is 8.93. The summed E-state index contributed by atoms with van der Waals surface area (Å²) in [7, 11) is 0. The monoisotopic (exact) mass is 378 g/mol. The van der Waals surface area contributed by atoms with Gasteiger partial charge in [0.1, 0.15) is 17.4 Å². The number of para-hydroxylation sites is 2. The molecule has 1 aliphatic carbocycles. The van der Waals surface area contributed by atoms with E-state index in [1.807, 2.05) is 24.3 Å². The van der Waals surface area contributed by atoms with Crippen molar-refractivity contribution in [1.29, 1.82) is 0 Å². The van der Waals surface area contributed by atoms with Crippen LogP contribution in [0, 0.1) is 0 Å². The third-order valence-corrected chi connectivity index (χ3v) is 4.96. The predicted octanol–water partition coefficient (Wildman–Crippen LogP) is 3.52. The van der Waals surface area contributed by atoms with Crippen molar-refractivity contribution in [2.45, 2.75) is 50.0 Å². The molecule has 1 saturated carbocycles. The fourth-order valence-corrected chi connectivity index (χ4v) is 3.54. The number of oxazole rings is 1. The number of hydrogen-bond acceptors (Lipinski definition) is 7. The number of amides is 1. The van der Waals surface area contributed by atoms with E-state index in [1.54, 1.807) is 6.92 Å². The molecule has 1 aromatic heterocycles. The molecule has 0 spiro atoms. The van der Waals surface area contributed by atoms with Crippen molar-refractivity contribution in [3.05, 3.63) is 24.3 Å². The molecule has 8 heteroatoms. The van der Waals surface area contributed by atoms with Gasteiger partial charge in [0, 0.05) is 6.04 Å². The minimum absolute atomic E-state index is 0.0816. The molecule has 0 radical (unpaired) electrons. The normalized spacial score (nSPS) is 19.9. The number of nitrogens with zero attached hydrogens (tertiary/aromatic N) is 1. The fraction of sp³-hybridized carbons (Fsp3) is 0.500. The highest BCUT2D eigenvalue weighted by Gasteiger charge is 2.25. The summed E-state index contributed by atoms with van der Waals surface area (Å²) in [5.74, 6) is -0.118. The van der Waals surface area contributed by atoms with E-state index < -0.39 is 0 Å². The number of nitrogens with one attached hydrogen (secondary N) is 1. The molecule has 2 aromatic rings. The lowest BCUT2D eigenvalue weighted by molar-refractivity contribution is -0.147. The summed E-state index contributed by atoms with van der Waals surface area (Å²) in [6, 6.07) is 7.56. The van der Waals surface area contributed by atoms with Crippen LogP contribution in [-0.4, -0.2) is 41.6 Å². The molecule has 1 aromatic carbocycles. The molecular weight excluding hydrogens is 356 g/mol.